The molecule has 0 atom stereocenters. The molecule has 0 aliphatic rings. The Balaban J connectivity index is 1.22. The quantitative estimate of drug-likeness (QED) is 0.104. The molecule has 6 rings (SSSR count). The Hall–Kier alpha value is -4.71. The van der Waals surface area contributed by atoms with Gasteiger partial charge < -0.3 is 15.2 Å². The van der Waals surface area contributed by atoms with Crippen molar-refractivity contribution in [1.82, 2.24) is 5.32 Å². The van der Waals surface area contributed by atoms with Crippen molar-refractivity contribution >= 4 is 53.8 Å². The van der Waals surface area contributed by atoms with E-state index in [0.29, 0.717) is 17.9 Å². The molecule has 1 heterocycles. The van der Waals surface area contributed by atoms with E-state index >= 15 is 0 Å². The van der Waals surface area contributed by atoms with Gasteiger partial charge in [0.05, 0.1) is 0 Å². The summed E-state index contributed by atoms with van der Waals surface area (Å²) < 4.78 is 11.2. The summed E-state index contributed by atoms with van der Waals surface area (Å²) in [5.74, 6) is -0.178. The monoisotopic (exact) mass is 721 g/mol. The van der Waals surface area contributed by atoms with Crippen LogP contribution in [0.15, 0.2) is 143 Å². The number of aryl methyl sites for hydroxylation is 1. The number of amides is 1. The van der Waals surface area contributed by atoms with Gasteiger partial charge >= 0.3 is 238 Å². The molecule has 8 heteroatoms. The molecule has 0 fully saturated rings. The number of fused-ring (bicyclic) bond motifs is 1. The zero-order valence-corrected chi connectivity index (χ0v) is 29.1. The van der Waals surface area contributed by atoms with Crippen molar-refractivity contribution in [3.63, 3.8) is 0 Å². The topological polar surface area (TPSA) is 88.8 Å². The Morgan fingerprint density at radius 2 is 1.35 bits per heavy atom. The number of ether oxygens (including phenoxy) is 1. The van der Waals surface area contributed by atoms with Crippen molar-refractivity contribution in [3.8, 4) is 22.8 Å². The summed E-state index contributed by atoms with van der Waals surface area (Å²) in [4.78, 5) is 24.8. The first kappa shape index (κ1) is 33.2. The van der Waals surface area contributed by atoms with Gasteiger partial charge in [0.15, 0.2) is 5.75 Å². The van der Waals surface area contributed by atoms with Gasteiger partial charge in [-0.15, -0.1) is 0 Å². The van der Waals surface area contributed by atoms with Crippen molar-refractivity contribution in [1.29, 1.82) is 0 Å². The Morgan fingerprint density at radius 3 is 1.90 bits per heavy atom. The summed E-state index contributed by atoms with van der Waals surface area (Å²) >= 11 is 4.54. The molecule has 0 spiro atoms. The van der Waals surface area contributed by atoms with Crippen LogP contribution in [0.25, 0.3) is 22.3 Å². The number of carbonyl (C=O) groups is 1. The fourth-order valence-electron chi connectivity index (χ4n) is 6.32. The van der Waals surface area contributed by atoms with Crippen molar-refractivity contribution < 1.29 is 19.1 Å². The molecule has 6 aromatic rings. The summed E-state index contributed by atoms with van der Waals surface area (Å²) in [6, 6.07) is 44.7. The SMILES string of the molecule is CCNC(=O)Oc1ccc2c(=O)cc(-c3ccc(CCCCP(Br)(c4ccccc4)(c4ccccc4)c4ccccc4)cc3)oc2c1O. The van der Waals surface area contributed by atoms with Crippen LogP contribution in [0.1, 0.15) is 25.3 Å². The fraction of sp³-hybridized carbons (Fsp3) is 0.150. The predicted octanol–water partition coefficient (Wildman–Crippen LogP) is 8.44. The van der Waals surface area contributed by atoms with E-state index < -0.39 is 17.1 Å². The summed E-state index contributed by atoms with van der Waals surface area (Å²) in [7, 11) is 0. The molecule has 1 amide bonds. The number of rotatable bonds is 11. The minimum atomic E-state index is -2.96. The van der Waals surface area contributed by atoms with E-state index in [1.54, 1.807) is 6.92 Å². The molecular weight excluding hydrogens is 685 g/mol. The minimum Gasteiger partial charge on any atom is -0.502 e. The van der Waals surface area contributed by atoms with E-state index in [1.807, 2.05) is 24.3 Å². The first-order valence-corrected chi connectivity index (χ1v) is 20.5. The normalized spacial score (nSPS) is 12.2. The maximum atomic E-state index is 12.9. The van der Waals surface area contributed by atoms with E-state index in [0.717, 1.165) is 25.4 Å². The minimum absolute atomic E-state index is 0.0327. The van der Waals surface area contributed by atoms with Crippen LogP contribution in [0.3, 0.4) is 0 Å². The molecule has 0 aliphatic heterocycles. The van der Waals surface area contributed by atoms with E-state index in [-0.39, 0.29) is 22.1 Å². The molecule has 6 nitrogen and oxygen atoms in total. The Labute approximate surface area is 288 Å². The molecule has 2 N–H and O–H groups in total. The number of hydrogen-bond donors (Lipinski definition) is 2. The zero-order valence-electron chi connectivity index (χ0n) is 26.6. The molecular formula is C40H37BrNO5P. The Morgan fingerprint density at radius 1 is 0.792 bits per heavy atom. The van der Waals surface area contributed by atoms with Crippen LogP contribution in [0.4, 0.5) is 4.79 Å². The molecule has 244 valence electrons. The first-order valence-electron chi connectivity index (χ1n) is 16.1. The fourth-order valence-corrected chi connectivity index (χ4v) is 14.1. The Bertz CT molecular complexity index is 1990. The number of aromatic hydroxyl groups is 1. The number of unbranched alkanes of at least 4 members (excludes halogenated alkanes) is 1. The average Bonchev–Trinajstić information content (AvgIpc) is 3.13. The molecule has 1 aromatic heterocycles. The van der Waals surface area contributed by atoms with E-state index in [4.69, 9.17) is 9.15 Å². The first-order chi connectivity index (χ1) is 23.3. The number of hydrogen-bond acceptors (Lipinski definition) is 5. The maximum absolute atomic E-state index is 12.9. The van der Waals surface area contributed by atoms with E-state index in [2.05, 4.69) is 112 Å². The second-order valence-electron chi connectivity index (χ2n) is 11.8. The molecule has 5 aromatic carbocycles. The van der Waals surface area contributed by atoms with Crippen LogP contribution in [-0.2, 0) is 6.42 Å². The number of halogens is 1. The third-order valence-electron chi connectivity index (χ3n) is 8.77. The van der Waals surface area contributed by atoms with Gasteiger partial charge in [-0.1, -0.05) is 0 Å². The van der Waals surface area contributed by atoms with Gasteiger partial charge in [0, 0.05) is 6.54 Å². The summed E-state index contributed by atoms with van der Waals surface area (Å²) in [5.41, 5.74) is 1.54. The van der Waals surface area contributed by atoms with Crippen LogP contribution >= 0.6 is 20.8 Å². The van der Waals surface area contributed by atoms with Gasteiger partial charge in [-0.05, 0) is 19.1 Å². The molecule has 48 heavy (non-hydrogen) atoms. The smallest absolute Gasteiger partial charge is 0.502 e. The molecule has 0 aliphatic carbocycles. The summed E-state index contributed by atoms with van der Waals surface area (Å²) in [5, 5.41) is 14.5. The molecule has 0 radical (unpaired) electrons. The van der Waals surface area contributed by atoms with Crippen LogP contribution in [-0.4, -0.2) is 23.9 Å². The van der Waals surface area contributed by atoms with Crippen molar-refractivity contribution in [2.45, 2.75) is 26.2 Å². The summed E-state index contributed by atoms with van der Waals surface area (Å²) in [6.45, 7) is 2.13. The van der Waals surface area contributed by atoms with Gasteiger partial charge in [0.1, 0.15) is 0 Å². The Kier molecular flexibility index (Phi) is 9.81. The van der Waals surface area contributed by atoms with Gasteiger partial charge in [-0.3, -0.25) is 0 Å². The second kappa shape index (κ2) is 14.2. The van der Waals surface area contributed by atoms with E-state index in [1.165, 1.54) is 39.7 Å². The number of nitrogens with one attached hydrogen (secondary N) is 1. The van der Waals surface area contributed by atoms with Crippen LogP contribution in [0.5, 0.6) is 11.5 Å². The third-order valence-corrected chi connectivity index (χ3v) is 18.8. The number of phenols is 1. The molecule has 0 saturated carbocycles. The standard InChI is InChI=1S/C40H37BrNO5P/c1-2-42-40(45)47-36-26-25-34-35(43)28-37(46-39(34)38(36)44)30-23-21-29(22-24-30)14-12-13-27-48(41,31-15-6-3-7-16-31,32-17-8-4-9-18-32)33-19-10-5-11-20-33/h3-11,15-26,28,44H,2,12-14,27H2,1H3,(H,42,45). The predicted molar refractivity (Wildman–Crippen MR) is 201 cm³/mol. The molecule has 0 saturated heterocycles. The average molecular weight is 723 g/mol. The third kappa shape index (κ3) is 6.41. The van der Waals surface area contributed by atoms with Gasteiger partial charge in [-0.25, -0.2) is 4.79 Å². The van der Waals surface area contributed by atoms with Gasteiger partial charge in [0.25, 0.3) is 0 Å². The molecule has 0 bridgehead atoms. The van der Waals surface area contributed by atoms with Crippen molar-refractivity contribution in [2.24, 2.45) is 0 Å². The zero-order chi connectivity index (χ0) is 33.6. The number of benzene rings is 5. The molecule has 0 unspecified atom stereocenters. The van der Waals surface area contributed by atoms with E-state index in [9.17, 15) is 14.7 Å². The van der Waals surface area contributed by atoms with Gasteiger partial charge in [-0.2, -0.15) is 0 Å². The van der Waals surface area contributed by atoms with Crippen LogP contribution in [0.2, 0.25) is 0 Å². The van der Waals surface area contributed by atoms with Crippen molar-refractivity contribution in [2.75, 3.05) is 12.7 Å². The van der Waals surface area contributed by atoms with Crippen LogP contribution < -0.4 is 31.4 Å². The van der Waals surface area contributed by atoms with Crippen LogP contribution in [0, 0.1) is 0 Å². The van der Waals surface area contributed by atoms with Gasteiger partial charge in [0.2, 0.25) is 0 Å². The number of phenolic OH excluding ortho intramolecular Hbond substituents is 1. The van der Waals surface area contributed by atoms with Crippen molar-refractivity contribution in [3.05, 3.63) is 149 Å². The number of carbonyl (C=O) groups excluding carboxylic acids is 1. The second-order valence-corrected chi connectivity index (χ2v) is 20.8. The summed E-state index contributed by atoms with van der Waals surface area (Å²) in [6.07, 6.45) is 3.15.